The van der Waals surface area contributed by atoms with E-state index in [2.05, 4.69) is 217 Å². The second kappa shape index (κ2) is 13.2. The van der Waals surface area contributed by atoms with Crippen molar-refractivity contribution < 1.29 is 0 Å². The van der Waals surface area contributed by atoms with Crippen LogP contribution in [0, 0.1) is 5.92 Å². The van der Waals surface area contributed by atoms with E-state index < -0.39 is 0 Å². The lowest BCUT2D eigenvalue weighted by molar-refractivity contribution is 1.00. The van der Waals surface area contributed by atoms with Crippen LogP contribution in [0.3, 0.4) is 0 Å². The third-order valence-corrected chi connectivity index (χ3v) is 12.7. The lowest BCUT2D eigenvalue weighted by Gasteiger charge is -2.29. The van der Waals surface area contributed by atoms with Crippen molar-refractivity contribution in [2.24, 2.45) is 5.92 Å². The first-order valence-electron chi connectivity index (χ1n) is 20.5. The van der Waals surface area contributed by atoms with Crippen LogP contribution in [0.5, 0.6) is 0 Å². The maximum atomic E-state index is 2.48. The summed E-state index contributed by atoms with van der Waals surface area (Å²) in [7, 11) is 0. The van der Waals surface area contributed by atoms with Crippen LogP contribution in [0.15, 0.2) is 206 Å². The van der Waals surface area contributed by atoms with Gasteiger partial charge in [-0.2, -0.15) is 0 Å². The molecule has 2 unspecified atom stereocenters. The quantitative estimate of drug-likeness (QED) is 0.154. The van der Waals surface area contributed by atoms with E-state index in [9.17, 15) is 0 Å². The number of fused-ring (bicyclic) bond motifs is 9. The van der Waals surface area contributed by atoms with Gasteiger partial charge in [-0.25, -0.2) is 0 Å². The molecule has 0 aromatic heterocycles. The van der Waals surface area contributed by atoms with Crippen molar-refractivity contribution >= 4 is 66.2 Å². The van der Waals surface area contributed by atoms with E-state index in [1.165, 1.54) is 94.0 Å². The summed E-state index contributed by atoms with van der Waals surface area (Å²) in [5.74, 6) is 1.19. The van der Waals surface area contributed by atoms with Crippen LogP contribution in [0.4, 0.5) is 17.1 Å². The molecule has 12 rings (SSSR count). The molecule has 1 heteroatoms. The predicted octanol–water partition coefficient (Wildman–Crippen LogP) is 15.9. The molecule has 0 bridgehead atoms. The highest BCUT2D eigenvalue weighted by Gasteiger charge is 2.42. The number of hydrogen-bond donors (Lipinski definition) is 0. The number of hydrogen-bond acceptors (Lipinski definition) is 1. The van der Waals surface area contributed by atoms with Crippen molar-refractivity contribution in [3.05, 3.63) is 217 Å². The normalized spacial score (nSPS) is 15.4. The Bertz CT molecular complexity index is 3260. The molecule has 1 saturated carbocycles. The summed E-state index contributed by atoms with van der Waals surface area (Å²) in [6, 6.07) is 74.0. The second-order valence-electron chi connectivity index (χ2n) is 16.0. The van der Waals surface area contributed by atoms with Gasteiger partial charge in [0.25, 0.3) is 0 Å². The molecular formula is C57H39N. The predicted molar refractivity (Wildman–Crippen MR) is 247 cm³/mol. The maximum Gasteiger partial charge on any atom is 0.0546 e. The van der Waals surface area contributed by atoms with E-state index in [4.69, 9.17) is 0 Å². The molecule has 0 radical (unpaired) electrons. The molecule has 1 fully saturated rings. The van der Waals surface area contributed by atoms with E-state index in [1.807, 2.05) is 0 Å². The van der Waals surface area contributed by atoms with Crippen molar-refractivity contribution in [2.75, 3.05) is 4.90 Å². The molecule has 0 N–H and O–H groups in total. The van der Waals surface area contributed by atoms with Crippen molar-refractivity contribution in [3.63, 3.8) is 0 Å². The van der Waals surface area contributed by atoms with Gasteiger partial charge in [-0.05, 0) is 137 Å². The smallest absolute Gasteiger partial charge is 0.0546 e. The van der Waals surface area contributed by atoms with Crippen LogP contribution in [-0.4, -0.2) is 0 Å². The maximum absolute atomic E-state index is 2.48. The fourth-order valence-electron chi connectivity index (χ4n) is 9.85. The van der Waals surface area contributed by atoms with Gasteiger partial charge in [0.15, 0.2) is 0 Å². The second-order valence-corrected chi connectivity index (χ2v) is 16.0. The first-order chi connectivity index (χ1) is 28.8. The molecule has 2 aliphatic carbocycles. The summed E-state index contributed by atoms with van der Waals surface area (Å²) in [5.41, 5.74) is 13.9. The minimum absolute atomic E-state index is 0.559. The van der Waals surface area contributed by atoms with Crippen LogP contribution in [-0.2, 0) is 0 Å². The summed E-state index contributed by atoms with van der Waals surface area (Å²) in [6.07, 6.45) is 6.08. The molecule has 0 amide bonds. The Morgan fingerprint density at radius 1 is 0.379 bits per heavy atom. The highest BCUT2D eigenvalue weighted by atomic mass is 15.1. The minimum atomic E-state index is 0.559. The largest absolute Gasteiger partial charge is 0.310 e. The third kappa shape index (κ3) is 5.31. The fraction of sp³-hybridized carbons (Fsp3) is 0.0526. The summed E-state index contributed by atoms with van der Waals surface area (Å²) >= 11 is 0. The Hall–Kier alpha value is -7.22. The van der Waals surface area contributed by atoms with E-state index in [0.29, 0.717) is 11.8 Å². The molecule has 0 heterocycles. The van der Waals surface area contributed by atoms with Crippen molar-refractivity contribution in [1.82, 2.24) is 0 Å². The summed E-state index contributed by atoms with van der Waals surface area (Å²) in [4.78, 5) is 2.48. The average Bonchev–Trinajstić information content (AvgIpc) is 4.10. The van der Waals surface area contributed by atoms with Gasteiger partial charge in [-0.15, -0.1) is 0 Å². The van der Waals surface area contributed by atoms with Crippen LogP contribution < -0.4 is 4.90 Å². The lowest BCUT2D eigenvalue weighted by Crippen LogP contribution is -2.11. The van der Waals surface area contributed by atoms with Crippen molar-refractivity contribution in [2.45, 2.75) is 12.3 Å². The molecular weight excluding hydrogens is 699 g/mol. The third-order valence-electron chi connectivity index (χ3n) is 12.7. The molecule has 0 aliphatic heterocycles. The molecule has 58 heavy (non-hydrogen) atoms. The number of anilines is 3. The zero-order chi connectivity index (χ0) is 38.2. The number of rotatable bonds is 6. The molecule has 10 aromatic rings. The molecule has 2 aliphatic rings. The standard InChI is InChI=1S/C57H39N/c1-2-14-39(15-3-1)56-55(51-24-11-9-22-49(51)52-32-29-43-35-53(43)57(52)56)44-18-12-19-46(34-44)58(54-36-42-17-6-7-20-47(42)48-21-8-10-23-50(48)54)45-30-27-38(28-31-45)41-26-25-37-13-4-5-16-40(37)33-41/h1-34,36,43,53H,35H2. The minimum Gasteiger partial charge on any atom is -0.310 e. The topological polar surface area (TPSA) is 3.24 Å². The van der Waals surface area contributed by atoms with Crippen LogP contribution in [0.2, 0.25) is 0 Å². The van der Waals surface area contributed by atoms with Gasteiger partial charge in [0, 0.05) is 16.8 Å². The Labute approximate surface area is 338 Å². The number of nitrogens with zero attached hydrogens (tertiary/aromatic N) is 1. The molecule has 2 atom stereocenters. The average molecular weight is 738 g/mol. The van der Waals surface area contributed by atoms with Gasteiger partial charge in [-0.1, -0.05) is 176 Å². The Morgan fingerprint density at radius 2 is 1.03 bits per heavy atom. The monoisotopic (exact) mass is 737 g/mol. The van der Waals surface area contributed by atoms with E-state index >= 15 is 0 Å². The van der Waals surface area contributed by atoms with Crippen molar-refractivity contribution in [3.8, 4) is 33.4 Å². The number of allylic oxidation sites excluding steroid dienone is 1. The highest BCUT2D eigenvalue weighted by Crippen LogP contribution is 2.59. The van der Waals surface area contributed by atoms with E-state index in [-0.39, 0.29) is 0 Å². The zero-order valence-electron chi connectivity index (χ0n) is 32.0. The van der Waals surface area contributed by atoms with Gasteiger partial charge in [0.1, 0.15) is 0 Å². The van der Waals surface area contributed by atoms with Gasteiger partial charge in [0.05, 0.1) is 5.69 Å². The Balaban J connectivity index is 1.10. The Kier molecular flexibility index (Phi) is 7.50. The van der Waals surface area contributed by atoms with E-state index in [0.717, 1.165) is 17.1 Å². The summed E-state index contributed by atoms with van der Waals surface area (Å²) < 4.78 is 0. The highest BCUT2D eigenvalue weighted by molar-refractivity contribution is 6.15. The zero-order valence-corrected chi connectivity index (χ0v) is 32.0. The molecule has 0 saturated heterocycles. The van der Waals surface area contributed by atoms with Gasteiger partial charge >= 0.3 is 0 Å². The summed E-state index contributed by atoms with van der Waals surface area (Å²) in [6.45, 7) is 0. The first kappa shape index (κ1) is 33.0. The van der Waals surface area contributed by atoms with E-state index in [1.54, 1.807) is 0 Å². The lowest BCUT2D eigenvalue weighted by atomic mass is 9.79. The van der Waals surface area contributed by atoms with Crippen LogP contribution in [0.1, 0.15) is 23.5 Å². The molecule has 272 valence electrons. The van der Waals surface area contributed by atoms with Gasteiger partial charge in [0.2, 0.25) is 0 Å². The Morgan fingerprint density at radius 3 is 1.86 bits per heavy atom. The molecule has 10 aromatic carbocycles. The number of benzene rings is 10. The summed E-state index contributed by atoms with van der Waals surface area (Å²) in [5, 5.41) is 10.1. The molecule has 1 nitrogen and oxygen atoms in total. The van der Waals surface area contributed by atoms with Crippen LogP contribution in [0.25, 0.3) is 82.5 Å². The molecule has 0 spiro atoms. The van der Waals surface area contributed by atoms with Crippen molar-refractivity contribution in [1.29, 1.82) is 0 Å². The fourth-order valence-corrected chi connectivity index (χ4v) is 9.85. The SMILES string of the molecule is C1=CC2CC2c2c(-c3ccccc3)c(-c3cccc(N(c4ccc(-c5ccc6ccccc6c5)cc4)c4cc5ccccc5c5ccccc45)c3)c3ccccc3c21. The van der Waals surface area contributed by atoms with Gasteiger partial charge < -0.3 is 4.90 Å². The van der Waals surface area contributed by atoms with Crippen LogP contribution >= 0.6 is 0 Å². The first-order valence-corrected chi connectivity index (χ1v) is 20.5. The van der Waals surface area contributed by atoms with Gasteiger partial charge in [-0.3, -0.25) is 0 Å².